The Hall–Kier alpha value is -2.04. The van der Waals surface area contributed by atoms with Crippen molar-refractivity contribution in [3.05, 3.63) is 23.8 Å². The number of unbranched alkanes of at least 4 members (excludes halogenated alkanes) is 4. The molecule has 5 heteroatoms. The van der Waals surface area contributed by atoms with Crippen LogP contribution in [0.5, 0.6) is 11.5 Å². The SMILES string of the molecule is CCCCCCCC(=O)N/N=C(\C)c1ccc(OC)c(OC)c1. The first-order chi connectivity index (χ1) is 11.1. The molecule has 1 aromatic carbocycles. The Morgan fingerprint density at radius 2 is 1.78 bits per heavy atom. The fraction of sp³-hybridized carbons (Fsp3) is 0.556. The van der Waals surface area contributed by atoms with E-state index >= 15 is 0 Å². The molecule has 0 bridgehead atoms. The number of hydrogen-bond acceptors (Lipinski definition) is 4. The summed E-state index contributed by atoms with van der Waals surface area (Å²) in [5.74, 6) is 1.27. The van der Waals surface area contributed by atoms with Crippen molar-refractivity contribution in [1.82, 2.24) is 5.43 Å². The molecule has 0 radical (unpaired) electrons. The number of hydrazone groups is 1. The van der Waals surface area contributed by atoms with E-state index in [1.807, 2.05) is 25.1 Å². The highest BCUT2D eigenvalue weighted by molar-refractivity contribution is 5.99. The molecule has 128 valence electrons. The molecule has 0 atom stereocenters. The normalized spacial score (nSPS) is 11.2. The highest BCUT2D eigenvalue weighted by atomic mass is 16.5. The third-order valence-electron chi connectivity index (χ3n) is 3.66. The molecule has 0 fully saturated rings. The molecule has 0 heterocycles. The molecular weight excluding hydrogens is 292 g/mol. The van der Waals surface area contributed by atoms with Gasteiger partial charge in [0.15, 0.2) is 11.5 Å². The number of carbonyl (C=O) groups excluding carboxylic acids is 1. The predicted octanol–water partition coefficient (Wildman–Crippen LogP) is 3.90. The van der Waals surface area contributed by atoms with Crippen LogP contribution in [0.3, 0.4) is 0 Å². The van der Waals surface area contributed by atoms with Crippen LogP contribution in [0.2, 0.25) is 0 Å². The number of nitrogens with one attached hydrogen (secondary N) is 1. The molecule has 0 spiro atoms. The lowest BCUT2D eigenvalue weighted by Gasteiger charge is -2.09. The molecule has 1 amide bonds. The van der Waals surface area contributed by atoms with Gasteiger partial charge in [-0.1, -0.05) is 32.6 Å². The van der Waals surface area contributed by atoms with E-state index in [-0.39, 0.29) is 5.91 Å². The van der Waals surface area contributed by atoms with Crippen LogP contribution in [-0.2, 0) is 4.79 Å². The van der Waals surface area contributed by atoms with E-state index in [1.165, 1.54) is 19.3 Å². The quantitative estimate of drug-likeness (QED) is 0.404. The Bertz CT molecular complexity index is 527. The minimum atomic E-state index is -0.0404. The van der Waals surface area contributed by atoms with E-state index < -0.39 is 0 Å². The van der Waals surface area contributed by atoms with E-state index in [2.05, 4.69) is 17.5 Å². The van der Waals surface area contributed by atoms with Crippen LogP contribution in [0, 0.1) is 0 Å². The summed E-state index contributed by atoms with van der Waals surface area (Å²) in [7, 11) is 3.19. The number of hydrogen-bond donors (Lipinski definition) is 1. The lowest BCUT2D eigenvalue weighted by molar-refractivity contribution is -0.121. The average Bonchev–Trinajstić information content (AvgIpc) is 2.58. The Morgan fingerprint density at radius 3 is 2.43 bits per heavy atom. The van der Waals surface area contributed by atoms with Crippen molar-refractivity contribution >= 4 is 11.6 Å². The molecule has 0 aromatic heterocycles. The first kappa shape index (κ1) is 19.0. The number of methoxy groups -OCH3 is 2. The summed E-state index contributed by atoms with van der Waals surface area (Å²) in [6.45, 7) is 4.03. The van der Waals surface area contributed by atoms with Crippen LogP contribution >= 0.6 is 0 Å². The van der Waals surface area contributed by atoms with Gasteiger partial charge in [0.2, 0.25) is 5.91 Å². The minimum Gasteiger partial charge on any atom is -0.493 e. The van der Waals surface area contributed by atoms with Gasteiger partial charge in [-0.25, -0.2) is 5.43 Å². The molecule has 1 rings (SSSR count). The van der Waals surface area contributed by atoms with Crippen LogP contribution in [-0.4, -0.2) is 25.8 Å². The minimum absolute atomic E-state index is 0.0404. The largest absolute Gasteiger partial charge is 0.493 e. The Morgan fingerprint density at radius 1 is 1.09 bits per heavy atom. The van der Waals surface area contributed by atoms with Gasteiger partial charge in [0.1, 0.15) is 0 Å². The fourth-order valence-corrected chi connectivity index (χ4v) is 2.22. The zero-order valence-electron chi connectivity index (χ0n) is 14.6. The Kier molecular flexibility index (Phi) is 8.80. The van der Waals surface area contributed by atoms with Crippen molar-refractivity contribution in [3.63, 3.8) is 0 Å². The van der Waals surface area contributed by atoms with E-state index in [0.29, 0.717) is 17.9 Å². The van der Waals surface area contributed by atoms with Gasteiger partial charge in [0, 0.05) is 12.0 Å². The summed E-state index contributed by atoms with van der Waals surface area (Å²) in [6.07, 6.45) is 6.17. The van der Waals surface area contributed by atoms with Crippen molar-refractivity contribution in [2.24, 2.45) is 5.10 Å². The first-order valence-corrected chi connectivity index (χ1v) is 8.17. The Balaban J connectivity index is 2.51. The maximum absolute atomic E-state index is 11.8. The van der Waals surface area contributed by atoms with Gasteiger partial charge >= 0.3 is 0 Å². The molecule has 0 saturated carbocycles. The Labute approximate surface area is 139 Å². The van der Waals surface area contributed by atoms with Gasteiger partial charge < -0.3 is 9.47 Å². The van der Waals surface area contributed by atoms with Crippen LogP contribution < -0.4 is 14.9 Å². The maximum atomic E-state index is 11.8. The summed E-state index contributed by atoms with van der Waals surface area (Å²) >= 11 is 0. The molecule has 0 aliphatic rings. The number of rotatable bonds is 10. The molecule has 0 saturated heterocycles. The van der Waals surface area contributed by atoms with E-state index in [9.17, 15) is 4.79 Å². The van der Waals surface area contributed by atoms with Gasteiger partial charge in [-0.3, -0.25) is 4.79 Å². The standard InChI is InChI=1S/C18H28N2O3/c1-5-6-7-8-9-10-18(21)20-19-14(2)15-11-12-16(22-3)17(13-15)23-4/h11-13H,5-10H2,1-4H3,(H,20,21)/b19-14+. The first-order valence-electron chi connectivity index (χ1n) is 8.17. The van der Waals surface area contributed by atoms with Crippen LogP contribution in [0.4, 0.5) is 0 Å². The van der Waals surface area contributed by atoms with Gasteiger partial charge in [0.25, 0.3) is 0 Å². The van der Waals surface area contributed by atoms with Crippen molar-refractivity contribution in [3.8, 4) is 11.5 Å². The summed E-state index contributed by atoms with van der Waals surface area (Å²) in [5.41, 5.74) is 4.22. The second kappa shape index (κ2) is 10.6. The van der Waals surface area contributed by atoms with Gasteiger partial charge in [0.05, 0.1) is 19.9 Å². The lowest BCUT2D eigenvalue weighted by atomic mass is 10.1. The second-order valence-corrected chi connectivity index (χ2v) is 5.47. The summed E-state index contributed by atoms with van der Waals surface area (Å²) in [6, 6.07) is 5.55. The highest BCUT2D eigenvalue weighted by Crippen LogP contribution is 2.27. The summed E-state index contributed by atoms with van der Waals surface area (Å²) < 4.78 is 10.5. The maximum Gasteiger partial charge on any atom is 0.240 e. The number of ether oxygens (including phenoxy) is 2. The number of benzene rings is 1. The molecule has 0 aliphatic carbocycles. The smallest absolute Gasteiger partial charge is 0.240 e. The van der Waals surface area contributed by atoms with E-state index in [4.69, 9.17) is 9.47 Å². The van der Waals surface area contributed by atoms with Crippen LogP contribution in [0.1, 0.15) is 57.9 Å². The van der Waals surface area contributed by atoms with Gasteiger partial charge in [-0.2, -0.15) is 5.10 Å². The zero-order valence-corrected chi connectivity index (χ0v) is 14.6. The molecule has 1 aromatic rings. The predicted molar refractivity (Wildman–Crippen MR) is 93.3 cm³/mol. The van der Waals surface area contributed by atoms with Crippen molar-refractivity contribution in [2.45, 2.75) is 52.4 Å². The molecule has 0 unspecified atom stereocenters. The third kappa shape index (κ3) is 6.72. The topological polar surface area (TPSA) is 59.9 Å². The summed E-state index contributed by atoms with van der Waals surface area (Å²) in [4.78, 5) is 11.8. The number of nitrogens with zero attached hydrogens (tertiary/aromatic N) is 1. The molecular formula is C18H28N2O3. The monoisotopic (exact) mass is 320 g/mol. The fourth-order valence-electron chi connectivity index (χ4n) is 2.22. The van der Waals surface area contributed by atoms with E-state index in [1.54, 1.807) is 14.2 Å². The second-order valence-electron chi connectivity index (χ2n) is 5.47. The highest BCUT2D eigenvalue weighted by Gasteiger charge is 2.07. The number of amides is 1. The average molecular weight is 320 g/mol. The molecule has 23 heavy (non-hydrogen) atoms. The lowest BCUT2D eigenvalue weighted by Crippen LogP contribution is -2.18. The van der Waals surface area contributed by atoms with Crippen LogP contribution in [0.25, 0.3) is 0 Å². The molecule has 5 nitrogen and oxygen atoms in total. The van der Waals surface area contributed by atoms with Crippen LogP contribution in [0.15, 0.2) is 23.3 Å². The van der Waals surface area contributed by atoms with Gasteiger partial charge in [-0.15, -0.1) is 0 Å². The zero-order chi connectivity index (χ0) is 17.1. The number of carbonyl (C=O) groups is 1. The molecule has 0 aliphatic heterocycles. The third-order valence-corrected chi connectivity index (χ3v) is 3.66. The van der Waals surface area contributed by atoms with Gasteiger partial charge in [-0.05, 0) is 31.5 Å². The van der Waals surface area contributed by atoms with Crippen molar-refractivity contribution < 1.29 is 14.3 Å². The van der Waals surface area contributed by atoms with E-state index in [0.717, 1.165) is 24.1 Å². The van der Waals surface area contributed by atoms with Crippen molar-refractivity contribution in [2.75, 3.05) is 14.2 Å². The molecule has 1 N–H and O–H groups in total. The van der Waals surface area contributed by atoms with Crippen molar-refractivity contribution in [1.29, 1.82) is 0 Å². The summed E-state index contributed by atoms with van der Waals surface area (Å²) in [5, 5.41) is 4.16.